The number of carbonyl (C=O) groups excluding carboxylic acids is 7. The molecule has 1 saturated heterocycles. The summed E-state index contributed by atoms with van der Waals surface area (Å²) in [5.74, 6) is -6.01. The lowest BCUT2D eigenvalue weighted by molar-refractivity contribution is -0.330. The molecule has 2 aliphatic heterocycles. The highest BCUT2D eigenvalue weighted by atomic mass is 16.8. The van der Waals surface area contributed by atoms with Crippen LogP contribution in [0.2, 0.25) is 0 Å². The fourth-order valence-corrected chi connectivity index (χ4v) is 4.15. The first-order chi connectivity index (χ1) is 20.1. The van der Waals surface area contributed by atoms with Gasteiger partial charge in [-0.2, -0.15) is 0 Å². The Kier molecular flexibility index (Phi) is 12.9. The fourth-order valence-electron chi connectivity index (χ4n) is 4.15. The zero-order valence-electron chi connectivity index (χ0n) is 24.6. The Morgan fingerprint density at radius 2 is 1.07 bits per heavy atom. The van der Waals surface area contributed by atoms with Crippen LogP contribution in [0.15, 0.2) is 12.0 Å². The molecule has 2 rings (SSSR count). The summed E-state index contributed by atoms with van der Waals surface area (Å²) in [4.78, 5) is 83.2. The monoisotopic (exact) mass is 618 g/mol. The molecule has 0 saturated carbocycles. The molecule has 0 N–H and O–H groups in total. The molecule has 2 aliphatic rings. The van der Waals surface area contributed by atoms with Crippen LogP contribution < -0.4 is 0 Å². The van der Waals surface area contributed by atoms with Gasteiger partial charge in [0.05, 0.1) is 0 Å². The van der Waals surface area contributed by atoms with Crippen LogP contribution in [-0.4, -0.2) is 104 Å². The second-order valence-corrected chi connectivity index (χ2v) is 9.29. The summed E-state index contributed by atoms with van der Waals surface area (Å²) >= 11 is 0. The molecule has 8 atom stereocenters. The Bertz CT molecular complexity index is 1110. The molecule has 0 aromatic carbocycles. The van der Waals surface area contributed by atoms with Crippen molar-refractivity contribution in [1.29, 1.82) is 0 Å². The molecule has 17 heteroatoms. The lowest BCUT2D eigenvalue weighted by Crippen LogP contribution is -2.64. The Morgan fingerprint density at radius 3 is 1.56 bits per heavy atom. The Hall–Kier alpha value is -4.25. The summed E-state index contributed by atoms with van der Waals surface area (Å²) in [7, 11) is 0. The highest BCUT2D eigenvalue weighted by Crippen LogP contribution is 2.34. The first-order valence-electron chi connectivity index (χ1n) is 12.9. The molecule has 0 aromatic heterocycles. The van der Waals surface area contributed by atoms with Crippen LogP contribution >= 0.6 is 0 Å². The standard InChI is InChI=1S/C26H34O17/c1-11(27)34-8-18-21(22(38-14(4)30)19(10-36-18)37-13(3)29)43-26-25(41-17(7)33)24(40-16(6)32)23(39-15(5)31)20(42-26)9-35-12(2)28/h10,18,20-26H,8-9H2,1-7H3/t18-,20-,21-,22-,23-,24+,25-,26+/m1/s1. The maximum Gasteiger partial charge on any atom is 0.307 e. The lowest BCUT2D eigenvalue weighted by atomic mass is 9.97. The van der Waals surface area contributed by atoms with E-state index >= 15 is 0 Å². The van der Waals surface area contributed by atoms with Crippen LogP contribution in [0.5, 0.6) is 0 Å². The van der Waals surface area contributed by atoms with Gasteiger partial charge in [0.2, 0.25) is 0 Å². The van der Waals surface area contributed by atoms with Crippen LogP contribution in [-0.2, 0) is 80.9 Å². The molecular formula is C26H34O17. The van der Waals surface area contributed by atoms with E-state index in [1.807, 2.05) is 0 Å². The maximum absolute atomic E-state index is 12.2. The highest BCUT2D eigenvalue weighted by molar-refractivity contribution is 5.70. The molecule has 2 heterocycles. The van der Waals surface area contributed by atoms with Gasteiger partial charge in [-0.05, 0) is 0 Å². The summed E-state index contributed by atoms with van der Waals surface area (Å²) < 4.78 is 54.3. The molecule has 0 amide bonds. The zero-order chi connectivity index (χ0) is 32.4. The second-order valence-electron chi connectivity index (χ2n) is 9.29. The van der Waals surface area contributed by atoms with Crippen LogP contribution in [0.1, 0.15) is 48.5 Å². The summed E-state index contributed by atoms with van der Waals surface area (Å²) in [5.41, 5.74) is 0. The number of hydrogen-bond acceptors (Lipinski definition) is 17. The second kappa shape index (κ2) is 15.8. The van der Waals surface area contributed by atoms with E-state index in [-0.39, 0.29) is 5.76 Å². The molecule has 0 unspecified atom stereocenters. The number of ether oxygens (including phenoxy) is 10. The van der Waals surface area contributed by atoms with Gasteiger partial charge < -0.3 is 47.4 Å². The minimum atomic E-state index is -1.73. The molecule has 43 heavy (non-hydrogen) atoms. The van der Waals surface area contributed by atoms with Gasteiger partial charge >= 0.3 is 41.8 Å². The van der Waals surface area contributed by atoms with E-state index in [1.165, 1.54) is 0 Å². The number of esters is 7. The third kappa shape index (κ3) is 10.8. The zero-order valence-corrected chi connectivity index (χ0v) is 24.6. The predicted octanol–water partition coefficient (Wildman–Crippen LogP) is -0.247. The summed E-state index contributed by atoms with van der Waals surface area (Å²) in [5, 5.41) is 0. The smallest absolute Gasteiger partial charge is 0.307 e. The molecule has 0 aliphatic carbocycles. The molecule has 240 valence electrons. The van der Waals surface area contributed by atoms with Crippen molar-refractivity contribution in [3.63, 3.8) is 0 Å². The third-order valence-corrected chi connectivity index (χ3v) is 5.55. The van der Waals surface area contributed by atoms with Crippen molar-refractivity contribution in [1.82, 2.24) is 0 Å². The first-order valence-corrected chi connectivity index (χ1v) is 12.9. The summed E-state index contributed by atoms with van der Waals surface area (Å²) in [6, 6.07) is 0. The van der Waals surface area contributed by atoms with E-state index in [4.69, 9.17) is 47.4 Å². The Labute approximate surface area is 245 Å². The molecule has 0 bridgehead atoms. The van der Waals surface area contributed by atoms with Gasteiger partial charge in [-0.15, -0.1) is 0 Å². The van der Waals surface area contributed by atoms with Crippen molar-refractivity contribution in [3.8, 4) is 0 Å². The van der Waals surface area contributed by atoms with E-state index in [0.717, 1.165) is 54.7 Å². The molecule has 1 fully saturated rings. The van der Waals surface area contributed by atoms with Crippen molar-refractivity contribution in [2.24, 2.45) is 0 Å². The van der Waals surface area contributed by atoms with Crippen molar-refractivity contribution in [2.45, 2.75) is 97.5 Å². The predicted molar refractivity (Wildman–Crippen MR) is 134 cm³/mol. The minimum absolute atomic E-state index is 0.308. The van der Waals surface area contributed by atoms with Gasteiger partial charge in [0, 0.05) is 48.5 Å². The molecule has 0 aromatic rings. The average molecular weight is 619 g/mol. The number of hydrogen-bond donors (Lipinski definition) is 0. The minimum Gasteiger partial charge on any atom is -0.488 e. The van der Waals surface area contributed by atoms with Crippen molar-refractivity contribution >= 4 is 41.8 Å². The van der Waals surface area contributed by atoms with E-state index in [1.54, 1.807) is 0 Å². The van der Waals surface area contributed by atoms with Gasteiger partial charge in [0.25, 0.3) is 0 Å². The molecule has 0 radical (unpaired) electrons. The van der Waals surface area contributed by atoms with Crippen molar-refractivity contribution < 1.29 is 80.9 Å². The van der Waals surface area contributed by atoms with Crippen LogP contribution in [0, 0.1) is 0 Å². The van der Waals surface area contributed by atoms with E-state index in [2.05, 4.69) is 0 Å². The average Bonchev–Trinajstić information content (AvgIpc) is 2.86. The SMILES string of the molecule is CC(=O)OC[C@H]1O[C@@H](O[C@H]2[C@H](OC(C)=O)C(OC(C)=O)=CO[C@@H]2COC(C)=O)[C@H](OC(C)=O)[C@@H](OC(C)=O)[C@@H]1OC(C)=O. The maximum atomic E-state index is 12.2. The van der Waals surface area contributed by atoms with Gasteiger partial charge in [-0.1, -0.05) is 0 Å². The topological polar surface area (TPSA) is 212 Å². The van der Waals surface area contributed by atoms with E-state index < -0.39 is 104 Å². The fraction of sp³-hybridized carbons (Fsp3) is 0.654. The molecular weight excluding hydrogens is 584 g/mol. The molecule has 0 spiro atoms. The number of rotatable bonds is 11. The summed E-state index contributed by atoms with van der Waals surface area (Å²) in [6.07, 6.45) is -11.1. The Balaban J connectivity index is 2.64. The normalized spacial score (nSPS) is 28.1. The third-order valence-electron chi connectivity index (χ3n) is 5.55. The van der Waals surface area contributed by atoms with Crippen molar-refractivity contribution in [2.75, 3.05) is 13.2 Å². The van der Waals surface area contributed by atoms with Gasteiger partial charge in [-0.3, -0.25) is 33.6 Å². The molecule has 17 nitrogen and oxygen atoms in total. The van der Waals surface area contributed by atoms with Crippen LogP contribution in [0.25, 0.3) is 0 Å². The number of carbonyl (C=O) groups is 7. The van der Waals surface area contributed by atoms with E-state index in [9.17, 15) is 33.6 Å². The van der Waals surface area contributed by atoms with Gasteiger partial charge in [0.15, 0.2) is 42.6 Å². The van der Waals surface area contributed by atoms with E-state index in [0.29, 0.717) is 0 Å². The van der Waals surface area contributed by atoms with Gasteiger partial charge in [0.1, 0.15) is 31.7 Å². The first kappa shape index (κ1) is 34.9. The quantitative estimate of drug-likeness (QED) is 0.216. The largest absolute Gasteiger partial charge is 0.488 e. The van der Waals surface area contributed by atoms with Crippen LogP contribution in [0.3, 0.4) is 0 Å². The summed E-state index contributed by atoms with van der Waals surface area (Å²) in [6.45, 7) is 6.50. The van der Waals surface area contributed by atoms with Crippen LogP contribution in [0.4, 0.5) is 0 Å². The van der Waals surface area contributed by atoms with Crippen molar-refractivity contribution in [3.05, 3.63) is 12.0 Å². The lowest BCUT2D eigenvalue weighted by Gasteiger charge is -2.46. The Morgan fingerprint density at radius 1 is 0.581 bits per heavy atom. The highest BCUT2D eigenvalue weighted by Gasteiger charge is 2.55. The van der Waals surface area contributed by atoms with Gasteiger partial charge in [-0.25, -0.2) is 0 Å².